The van der Waals surface area contributed by atoms with Gasteiger partial charge in [-0.3, -0.25) is 9.59 Å². The molecule has 0 aliphatic rings. The van der Waals surface area contributed by atoms with Gasteiger partial charge in [-0.15, -0.1) is 0 Å². The minimum absolute atomic E-state index is 0.118. The number of hydrogen-bond acceptors (Lipinski definition) is 3. The smallest absolute Gasteiger partial charge is 0.227 e. The van der Waals surface area contributed by atoms with Gasteiger partial charge in [-0.1, -0.05) is 41.4 Å². The number of anilines is 1. The van der Waals surface area contributed by atoms with Crippen LogP contribution in [0.15, 0.2) is 42.6 Å². The average molecular weight is 332 g/mol. The van der Waals surface area contributed by atoms with E-state index in [1.807, 2.05) is 31.2 Å². The molecule has 0 aliphatic carbocycles. The molecule has 1 aromatic carbocycles. The largest absolute Gasteiger partial charge is 0.349 e. The number of aryl methyl sites for hydroxylation is 1. The van der Waals surface area contributed by atoms with Crippen LogP contribution in [0.1, 0.15) is 30.5 Å². The molecule has 0 fully saturated rings. The first kappa shape index (κ1) is 17.0. The van der Waals surface area contributed by atoms with E-state index >= 15 is 0 Å². The van der Waals surface area contributed by atoms with Crippen molar-refractivity contribution >= 4 is 29.2 Å². The molecular formula is C17H18ClN3O2. The van der Waals surface area contributed by atoms with Crippen molar-refractivity contribution in [1.29, 1.82) is 0 Å². The average Bonchev–Trinajstić information content (AvgIpc) is 2.49. The Balaban J connectivity index is 2.07. The molecule has 0 aliphatic heterocycles. The van der Waals surface area contributed by atoms with Crippen LogP contribution in [0.25, 0.3) is 0 Å². The molecule has 23 heavy (non-hydrogen) atoms. The predicted molar refractivity (Wildman–Crippen MR) is 90.2 cm³/mol. The summed E-state index contributed by atoms with van der Waals surface area (Å²) in [6.45, 7) is 3.41. The first-order valence-corrected chi connectivity index (χ1v) is 7.57. The Morgan fingerprint density at radius 3 is 2.43 bits per heavy atom. The van der Waals surface area contributed by atoms with Crippen molar-refractivity contribution in [3.05, 3.63) is 58.7 Å². The highest BCUT2D eigenvalue weighted by atomic mass is 35.5. The third kappa shape index (κ3) is 5.38. The van der Waals surface area contributed by atoms with Crippen LogP contribution < -0.4 is 10.6 Å². The fourth-order valence-corrected chi connectivity index (χ4v) is 2.24. The fourth-order valence-electron chi connectivity index (χ4n) is 2.13. The van der Waals surface area contributed by atoms with E-state index in [0.717, 1.165) is 11.1 Å². The lowest BCUT2D eigenvalue weighted by atomic mass is 10.0. The van der Waals surface area contributed by atoms with Crippen molar-refractivity contribution in [2.45, 2.75) is 26.3 Å². The number of aromatic nitrogens is 1. The molecule has 1 heterocycles. The number of carbonyl (C=O) groups excluding carboxylic acids is 2. The summed E-state index contributed by atoms with van der Waals surface area (Å²) in [5.41, 5.74) is 2.00. The maximum Gasteiger partial charge on any atom is 0.227 e. The van der Waals surface area contributed by atoms with Gasteiger partial charge in [0.25, 0.3) is 0 Å². The number of benzene rings is 1. The van der Waals surface area contributed by atoms with Crippen LogP contribution in [0.3, 0.4) is 0 Å². The van der Waals surface area contributed by atoms with Crippen LogP contribution in [0.4, 0.5) is 5.82 Å². The first-order valence-electron chi connectivity index (χ1n) is 7.19. The van der Waals surface area contributed by atoms with Gasteiger partial charge in [0.05, 0.1) is 17.5 Å². The number of carbonyl (C=O) groups is 2. The molecule has 5 nitrogen and oxygen atoms in total. The highest BCUT2D eigenvalue weighted by Crippen LogP contribution is 2.19. The van der Waals surface area contributed by atoms with E-state index in [0.29, 0.717) is 10.8 Å². The number of hydrogen-bond donors (Lipinski definition) is 2. The summed E-state index contributed by atoms with van der Waals surface area (Å²) in [5, 5.41) is 5.99. The number of halogens is 1. The van der Waals surface area contributed by atoms with E-state index in [1.165, 1.54) is 13.1 Å². The highest BCUT2D eigenvalue weighted by Gasteiger charge is 2.17. The molecule has 1 atom stereocenters. The molecule has 0 unspecified atom stereocenters. The van der Waals surface area contributed by atoms with Crippen LogP contribution in [0.2, 0.25) is 5.02 Å². The van der Waals surface area contributed by atoms with E-state index in [-0.39, 0.29) is 24.3 Å². The zero-order chi connectivity index (χ0) is 16.8. The summed E-state index contributed by atoms with van der Waals surface area (Å²) < 4.78 is 0. The summed E-state index contributed by atoms with van der Waals surface area (Å²) in [7, 11) is 0. The molecule has 120 valence electrons. The molecule has 6 heteroatoms. The van der Waals surface area contributed by atoms with Crippen LogP contribution >= 0.6 is 11.6 Å². The van der Waals surface area contributed by atoms with E-state index in [4.69, 9.17) is 11.6 Å². The van der Waals surface area contributed by atoms with Crippen LogP contribution in [-0.2, 0) is 9.59 Å². The van der Waals surface area contributed by atoms with Crippen LogP contribution in [-0.4, -0.2) is 16.8 Å². The van der Waals surface area contributed by atoms with Crippen molar-refractivity contribution in [3.8, 4) is 0 Å². The Morgan fingerprint density at radius 2 is 1.87 bits per heavy atom. The van der Waals surface area contributed by atoms with Gasteiger partial charge in [-0.25, -0.2) is 4.98 Å². The summed E-state index contributed by atoms with van der Waals surface area (Å²) >= 11 is 5.76. The minimum Gasteiger partial charge on any atom is -0.349 e. The standard InChI is InChI=1S/C17H18ClN3O2/c1-11-3-5-13(6-4-11)15(20-12(2)22)9-17(23)21-16-8-7-14(18)10-19-16/h3-8,10,15H,9H2,1-2H3,(H,20,22)(H,19,21,23)/t15-/m1/s1. The van der Waals surface area contributed by atoms with Crippen molar-refractivity contribution in [2.75, 3.05) is 5.32 Å². The minimum atomic E-state index is -0.389. The molecule has 2 aromatic rings. The van der Waals surface area contributed by atoms with Crippen molar-refractivity contribution < 1.29 is 9.59 Å². The Bertz CT molecular complexity index is 684. The molecule has 0 saturated carbocycles. The number of amides is 2. The highest BCUT2D eigenvalue weighted by molar-refractivity contribution is 6.30. The Morgan fingerprint density at radius 1 is 1.17 bits per heavy atom. The van der Waals surface area contributed by atoms with Gasteiger partial charge in [0.15, 0.2) is 0 Å². The Labute approximate surface area is 140 Å². The maximum absolute atomic E-state index is 12.2. The van der Waals surface area contributed by atoms with E-state index in [9.17, 15) is 9.59 Å². The van der Waals surface area contributed by atoms with Crippen molar-refractivity contribution in [3.63, 3.8) is 0 Å². The van der Waals surface area contributed by atoms with Gasteiger partial charge in [0.2, 0.25) is 11.8 Å². The van der Waals surface area contributed by atoms with Crippen molar-refractivity contribution in [2.24, 2.45) is 0 Å². The SMILES string of the molecule is CC(=O)N[C@H](CC(=O)Nc1ccc(Cl)cn1)c1ccc(C)cc1. The van der Waals surface area contributed by atoms with Crippen LogP contribution in [0, 0.1) is 6.92 Å². The van der Waals surface area contributed by atoms with Gasteiger partial charge in [0, 0.05) is 13.1 Å². The Kier molecular flexibility index (Phi) is 5.71. The Hall–Kier alpha value is -2.40. The number of nitrogens with zero attached hydrogens (tertiary/aromatic N) is 1. The number of pyridine rings is 1. The lowest BCUT2D eigenvalue weighted by molar-refractivity contribution is -0.120. The lowest BCUT2D eigenvalue weighted by Crippen LogP contribution is -2.29. The molecule has 0 spiro atoms. The second kappa shape index (κ2) is 7.74. The first-order chi connectivity index (χ1) is 10.9. The quantitative estimate of drug-likeness (QED) is 0.883. The number of nitrogens with one attached hydrogen (secondary N) is 2. The summed E-state index contributed by atoms with van der Waals surface area (Å²) in [5.74, 6) is -0.00276. The predicted octanol–water partition coefficient (Wildman–Crippen LogP) is 3.25. The topological polar surface area (TPSA) is 71.1 Å². The number of rotatable bonds is 5. The molecule has 0 radical (unpaired) electrons. The summed E-state index contributed by atoms with van der Waals surface area (Å²) in [6.07, 6.45) is 1.58. The molecule has 1 aromatic heterocycles. The van der Waals surface area contributed by atoms with Gasteiger partial charge in [0.1, 0.15) is 5.82 Å². The fraction of sp³-hybridized carbons (Fsp3) is 0.235. The normalized spacial score (nSPS) is 11.6. The molecule has 2 N–H and O–H groups in total. The van der Waals surface area contributed by atoms with Gasteiger partial charge < -0.3 is 10.6 Å². The summed E-state index contributed by atoms with van der Waals surface area (Å²) in [6, 6.07) is 10.6. The van der Waals surface area contributed by atoms with Gasteiger partial charge in [-0.05, 0) is 24.6 Å². The van der Waals surface area contributed by atoms with Gasteiger partial charge in [-0.2, -0.15) is 0 Å². The summed E-state index contributed by atoms with van der Waals surface area (Å²) in [4.78, 5) is 27.6. The molecule has 2 amide bonds. The maximum atomic E-state index is 12.2. The van der Waals surface area contributed by atoms with E-state index in [2.05, 4.69) is 15.6 Å². The lowest BCUT2D eigenvalue weighted by Gasteiger charge is -2.18. The zero-order valence-corrected chi connectivity index (χ0v) is 13.7. The molecule has 0 saturated heterocycles. The zero-order valence-electron chi connectivity index (χ0n) is 13.0. The monoisotopic (exact) mass is 331 g/mol. The molecule has 2 rings (SSSR count). The van der Waals surface area contributed by atoms with Gasteiger partial charge >= 0.3 is 0 Å². The van der Waals surface area contributed by atoms with Crippen molar-refractivity contribution in [1.82, 2.24) is 10.3 Å². The molecule has 0 bridgehead atoms. The van der Waals surface area contributed by atoms with E-state index in [1.54, 1.807) is 12.1 Å². The second-order valence-corrected chi connectivity index (χ2v) is 5.71. The third-order valence-electron chi connectivity index (χ3n) is 3.24. The van der Waals surface area contributed by atoms with E-state index < -0.39 is 0 Å². The molecular weight excluding hydrogens is 314 g/mol. The second-order valence-electron chi connectivity index (χ2n) is 5.28. The third-order valence-corrected chi connectivity index (χ3v) is 3.47. The van der Waals surface area contributed by atoms with Crippen LogP contribution in [0.5, 0.6) is 0 Å².